The molecule has 0 saturated carbocycles. The smallest absolute Gasteiger partial charge is 0.224 e. The topological polar surface area (TPSA) is 90.0 Å². The number of aliphatic hydroxyl groups is 2. The maximum absolute atomic E-state index is 14.0. The van der Waals surface area contributed by atoms with Crippen LogP contribution in [0.4, 0.5) is 20.2 Å². The van der Waals surface area contributed by atoms with E-state index in [-0.39, 0.29) is 49.9 Å². The van der Waals surface area contributed by atoms with Crippen LogP contribution in [0.2, 0.25) is 0 Å². The molecule has 1 aliphatic heterocycles. The Balaban J connectivity index is 2.15. The Labute approximate surface area is 126 Å². The highest BCUT2D eigenvalue weighted by atomic mass is 19.1. The fraction of sp³-hybridized carbons (Fsp3) is 0.500. The van der Waals surface area contributed by atoms with Gasteiger partial charge in [0.2, 0.25) is 5.91 Å². The molecular weight excluding hydrogens is 296 g/mol. The van der Waals surface area contributed by atoms with Gasteiger partial charge in [-0.2, -0.15) is 0 Å². The van der Waals surface area contributed by atoms with E-state index in [0.717, 1.165) is 12.1 Å². The summed E-state index contributed by atoms with van der Waals surface area (Å²) in [7, 11) is 0. The first kappa shape index (κ1) is 16.4. The summed E-state index contributed by atoms with van der Waals surface area (Å²) in [5, 5.41) is 18.3. The van der Waals surface area contributed by atoms with Crippen LogP contribution in [0.1, 0.15) is 6.42 Å². The summed E-state index contributed by atoms with van der Waals surface area (Å²) in [5.74, 6) is -1.77. The van der Waals surface area contributed by atoms with Crippen molar-refractivity contribution in [3.63, 3.8) is 0 Å². The molecule has 1 amide bonds. The van der Waals surface area contributed by atoms with E-state index in [0.29, 0.717) is 0 Å². The second-order valence-corrected chi connectivity index (χ2v) is 5.25. The Kier molecular flexibility index (Phi) is 5.15. The Morgan fingerprint density at radius 2 is 1.86 bits per heavy atom. The minimum atomic E-state index is -1.03. The van der Waals surface area contributed by atoms with Gasteiger partial charge in [-0.1, -0.05) is 0 Å². The SMILES string of the molecule is Nc1cc(F)c(N2CCC(=O)N(CC(O)CO)CC2)c(F)c1. The maximum Gasteiger partial charge on any atom is 0.224 e. The third kappa shape index (κ3) is 3.63. The van der Waals surface area contributed by atoms with Crippen LogP contribution in [0.3, 0.4) is 0 Å². The fourth-order valence-electron chi connectivity index (χ4n) is 2.48. The summed E-state index contributed by atoms with van der Waals surface area (Å²) in [6, 6.07) is 2.08. The second-order valence-electron chi connectivity index (χ2n) is 5.25. The van der Waals surface area contributed by atoms with Gasteiger partial charge in [-0.3, -0.25) is 4.79 Å². The van der Waals surface area contributed by atoms with Crippen molar-refractivity contribution < 1.29 is 23.8 Å². The lowest BCUT2D eigenvalue weighted by atomic mass is 10.2. The fourth-order valence-corrected chi connectivity index (χ4v) is 2.48. The molecule has 1 aromatic rings. The molecule has 1 atom stereocenters. The minimum Gasteiger partial charge on any atom is -0.399 e. The first-order valence-corrected chi connectivity index (χ1v) is 6.98. The largest absolute Gasteiger partial charge is 0.399 e. The van der Waals surface area contributed by atoms with Gasteiger partial charge in [-0.05, 0) is 12.1 Å². The molecule has 122 valence electrons. The number of anilines is 2. The van der Waals surface area contributed by atoms with Crippen LogP contribution in [0.5, 0.6) is 0 Å². The minimum absolute atomic E-state index is 0.00246. The number of nitrogens with two attached hydrogens (primary N) is 1. The number of benzene rings is 1. The van der Waals surface area contributed by atoms with Crippen LogP contribution in [0.25, 0.3) is 0 Å². The van der Waals surface area contributed by atoms with Gasteiger partial charge < -0.3 is 25.7 Å². The lowest BCUT2D eigenvalue weighted by Crippen LogP contribution is -2.40. The zero-order valence-corrected chi connectivity index (χ0v) is 12.0. The van der Waals surface area contributed by atoms with Crippen molar-refractivity contribution in [1.82, 2.24) is 4.90 Å². The normalized spacial score (nSPS) is 17.5. The quantitative estimate of drug-likeness (QED) is 0.677. The average molecular weight is 315 g/mol. The number of carbonyl (C=O) groups excluding carboxylic acids is 1. The van der Waals surface area contributed by atoms with Gasteiger partial charge in [0.1, 0.15) is 5.69 Å². The molecule has 1 aromatic carbocycles. The predicted molar refractivity (Wildman–Crippen MR) is 77.3 cm³/mol. The van der Waals surface area contributed by atoms with Gasteiger partial charge in [-0.25, -0.2) is 8.78 Å². The molecule has 0 spiro atoms. The Morgan fingerprint density at radius 1 is 1.23 bits per heavy atom. The van der Waals surface area contributed by atoms with E-state index >= 15 is 0 Å². The Bertz CT molecular complexity index is 533. The van der Waals surface area contributed by atoms with Crippen LogP contribution < -0.4 is 10.6 Å². The molecule has 1 aliphatic rings. The summed E-state index contributed by atoms with van der Waals surface area (Å²) >= 11 is 0. The van der Waals surface area contributed by atoms with Crippen molar-refractivity contribution in [1.29, 1.82) is 0 Å². The summed E-state index contributed by atoms with van der Waals surface area (Å²) in [5.41, 5.74) is 5.19. The van der Waals surface area contributed by atoms with Crippen molar-refractivity contribution in [2.75, 3.05) is 43.4 Å². The summed E-state index contributed by atoms with van der Waals surface area (Å²) in [6.45, 7) is 0.147. The van der Waals surface area contributed by atoms with Crippen LogP contribution in [0.15, 0.2) is 12.1 Å². The van der Waals surface area contributed by atoms with Crippen molar-refractivity contribution in [3.8, 4) is 0 Å². The molecule has 0 aromatic heterocycles. The highest BCUT2D eigenvalue weighted by Crippen LogP contribution is 2.27. The molecule has 1 heterocycles. The van der Waals surface area contributed by atoms with Gasteiger partial charge in [-0.15, -0.1) is 0 Å². The number of rotatable bonds is 4. The van der Waals surface area contributed by atoms with E-state index in [2.05, 4.69) is 0 Å². The first-order chi connectivity index (χ1) is 10.4. The highest BCUT2D eigenvalue weighted by molar-refractivity contribution is 5.77. The molecule has 2 rings (SSSR count). The molecule has 6 nitrogen and oxygen atoms in total. The molecule has 0 bridgehead atoms. The number of carbonyl (C=O) groups is 1. The molecule has 0 radical (unpaired) electrons. The number of hydrogen-bond donors (Lipinski definition) is 3. The van der Waals surface area contributed by atoms with Crippen molar-refractivity contribution >= 4 is 17.3 Å². The summed E-state index contributed by atoms with van der Waals surface area (Å²) in [4.78, 5) is 14.8. The summed E-state index contributed by atoms with van der Waals surface area (Å²) < 4.78 is 27.9. The van der Waals surface area contributed by atoms with Crippen molar-refractivity contribution in [2.24, 2.45) is 0 Å². The third-order valence-corrected chi connectivity index (χ3v) is 3.59. The van der Waals surface area contributed by atoms with Gasteiger partial charge in [0, 0.05) is 38.3 Å². The lowest BCUT2D eigenvalue weighted by molar-refractivity contribution is -0.132. The van der Waals surface area contributed by atoms with E-state index in [9.17, 15) is 18.7 Å². The van der Waals surface area contributed by atoms with E-state index < -0.39 is 24.3 Å². The van der Waals surface area contributed by atoms with Gasteiger partial charge in [0.05, 0.1) is 12.7 Å². The van der Waals surface area contributed by atoms with Crippen LogP contribution in [-0.2, 0) is 4.79 Å². The van der Waals surface area contributed by atoms with E-state index in [1.165, 1.54) is 9.80 Å². The second kappa shape index (κ2) is 6.89. The number of aliphatic hydroxyl groups excluding tert-OH is 2. The van der Waals surface area contributed by atoms with Gasteiger partial charge >= 0.3 is 0 Å². The predicted octanol–water partition coefficient (Wildman–Crippen LogP) is -0.0611. The van der Waals surface area contributed by atoms with Gasteiger partial charge in [0.25, 0.3) is 0 Å². The summed E-state index contributed by atoms with van der Waals surface area (Å²) in [6.07, 6.45) is -0.956. The number of amides is 1. The zero-order chi connectivity index (χ0) is 16.3. The van der Waals surface area contributed by atoms with Gasteiger partial charge in [0.15, 0.2) is 11.6 Å². The van der Waals surface area contributed by atoms with Crippen molar-refractivity contribution in [3.05, 3.63) is 23.8 Å². The third-order valence-electron chi connectivity index (χ3n) is 3.59. The van der Waals surface area contributed by atoms with Crippen LogP contribution >= 0.6 is 0 Å². The maximum atomic E-state index is 14.0. The molecule has 4 N–H and O–H groups in total. The molecule has 1 fully saturated rings. The van der Waals surface area contributed by atoms with E-state index in [1.54, 1.807) is 0 Å². The van der Waals surface area contributed by atoms with E-state index in [4.69, 9.17) is 10.8 Å². The van der Waals surface area contributed by atoms with Crippen molar-refractivity contribution in [2.45, 2.75) is 12.5 Å². The molecule has 1 saturated heterocycles. The average Bonchev–Trinajstić information content (AvgIpc) is 2.62. The molecular formula is C14H19F2N3O3. The number of β-amino-alcohol motifs (C(OH)–C–C–N with tert-alkyl or cyclic N) is 1. The molecule has 8 heteroatoms. The standard InChI is InChI=1S/C14H19F2N3O3/c15-11-5-9(17)6-12(16)14(11)18-2-1-13(22)19(4-3-18)7-10(21)8-20/h5-6,10,20-21H,1-4,7-8,17H2. The first-order valence-electron chi connectivity index (χ1n) is 6.98. The zero-order valence-electron chi connectivity index (χ0n) is 12.0. The lowest BCUT2D eigenvalue weighted by Gasteiger charge is -2.25. The van der Waals surface area contributed by atoms with E-state index in [1.807, 2.05) is 0 Å². The number of halogens is 2. The monoisotopic (exact) mass is 315 g/mol. The molecule has 0 aliphatic carbocycles. The molecule has 22 heavy (non-hydrogen) atoms. The Morgan fingerprint density at radius 3 is 2.45 bits per heavy atom. The Hall–Kier alpha value is -1.93. The molecule has 1 unspecified atom stereocenters. The number of nitrogens with zero attached hydrogens (tertiary/aromatic N) is 2. The van der Waals surface area contributed by atoms with Crippen LogP contribution in [0, 0.1) is 11.6 Å². The number of nitrogen functional groups attached to an aromatic ring is 1. The number of hydrogen-bond acceptors (Lipinski definition) is 5. The van der Waals surface area contributed by atoms with Crippen LogP contribution in [-0.4, -0.2) is 59.9 Å². The highest BCUT2D eigenvalue weighted by Gasteiger charge is 2.25.